The van der Waals surface area contributed by atoms with Gasteiger partial charge in [0.1, 0.15) is 0 Å². The van der Waals surface area contributed by atoms with Gasteiger partial charge in [-0.15, -0.1) is 0 Å². The normalized spacial score (nSPS) is 10.3. The zero-order chi connectivity index (χ0) is 12.0. The molecule has 0 aliphatic heterocycles. The number of nitrogens with zero attached hydrogens (tertiary/aromatic N) is 1. The first-order valence-corrected chi connectivity index (χ1v) is 4.44. The van der Waals surface area contributed by atoms with E-state index in [1.54, 1.807) is 18.2 Å². The number of carbonyl (C=O) groups is 1. The summed E-state index contributed by atoms with van der Waals surface area (Å²) >= 11 is 0. The lowest BCUT2D eigenvalue weighted by Gasteiger charge is -2.09. The van der Waals surface area contributed by atoms with Crippen LogP contribution >= 0.6 is 0 Å². The van der Waals surface area contributed by atoms with Crippen molar-refractivity contribution < 1.29 is 19.5 Å². The predicted molar refractivity (Wildman–Crippen MR) is 57.1 cm³/mol. The largest absolute Gasteiger partial charge is 0.493 e. The van der Waals surface area contributed by atoms with Gasteiger partial charge in [-0.2, -0.15) is 0 Å². The zero-order valence-electron chi connectivity index (χ0n) is 8.71. The van der Waals surface area contributed by atoms with Gasteiger partial charge in [0, 0.05) is 5.56 Å². The minimum atomic E-state index is -0.567. The van der Waals surface area contributed by atoms with Crippen molar-refractivity contribution in [3.63, 3.8) is 0 Å². The van der Waals surface area contributed by atoms with E-state index in [0.717, 1.165) is 0 Å². The summed E-state index contributed by atoms with van der Waals surface area (Å²) in [4.78, 5) is 10.5. The first kappa shape index (κ1) is 11.8. The Kier molecular flexibility index (Phi) is 4.14. The van der Waals surface area contributed by atoms with Crippen LogP contribution in [0.2, 0.25) is 0 Å². The number of amides is 1. The lowest BCUT2D eigenvalue weighted by molar-refractivity contribution is -0.119. The van der Waals surface area contributed by atoms with E-state index in [0.29, 0.717) is 17.1 Å². The third-order valence-electron chi connectivity index (χ3n) is 1.76. The van der Waals surface area contributed by atoms with E-state index >= 15 is 0 Å². The third-order valence-corrected chi connectivity index (χ3v) is 1.76. The van der Waals surface area contributed by atoms with Crippen LogP contribution in [0.4, 0.5) is 0 Å². The van der Waals surface area contributed by atoms with E-state index in [4.69, 9.17) is 20.4 Å². The molecule has 86 valence electrons. The van der Waals surface area contributed by atoms with Crippen molar-refractivity contribution in [1.82, 2.24) is 0 Å². The van der Waals surface area contributed by atoms with Gasteiger partial charge in [0.15, 0.2) is 18.1 Å². The molecule has 0 bridgehead atoms. The van der Waals surface area contributed by atoms with Gasteiger partial charge in [-0.1, -0.05) is 5.16 Å². The van der Waals surface area contributed by atoms with Crippen LogP contribution < -0.4 is 15.2 Å². The summed E-state index contributed by atoms with van der Waals surface area (Å²) in [5.74, 6) is 0.262. The van der Waals surface area contributed by atoms with Crippen molar-refractivity contribution in [1.29, 1.82) is 0 Å². The van der Waals surface area contributed by atoms with Gasteiger partial charge in [0.2, 0.25) is 0 Å². The van der Waals surface area contributed by atoms with Crippen LogP contribution in [0.25, 0.3) is 0 Å². The van der Waals surface area contributed by atoms with Crippen LogP contribution in [0.15, 0.2) is 23.4 Å². The molecule has 6 nitrogen and oxygen atoms in total. The summed E-state index contributed by atoms with van der Waals surface area (Å²) in [5.41, 5.74) is 5.59. The highest BCUT2D eigenvalue weighted by atomic mass is 16.5. The van der Waals surface area contributed by atoms with Gasteiger partial charge in [-0.05, 0) is 18.2 Å². The molecule has 0 unspecified atom stereocenters. The fourth-order valence-electron chi connectivity index (χ4n) is 1.10. The summed E-state index contributed by atoms with van der Waals surface area (Å²) in [6.07, 6.45) is 1.25. The minimum Gasteiger partial charge on any atom is -0.493 e. The maximum atomic E-state index is 10.5. The number of carbonyl (C=O) groups excluding carboxylic acids is 1. The number of nitrogens with two attached hydrogens (primary N) is 1. The number of primary amides is 1. The first-order valence-electron chi connectivity index (χ1n) is 4.44. The fourth-order valence-corrected chi connectivity index (χ4v) is 1.10. The summed E-state index contributed by atoms with van der Waals surface area (Å²) in [5, 5.41) is 11.3. The number of oxime groups is 1. The van der Waals surface area contributed by atoms with Crippen LogP contribution in [-0.4, -0.2) is 31.0 Å². The van der Waals surface area contributed by atoms with Crippen molar-refractivity contribution in [2.45, 2.75) is 0 Å². The molecular weight excluding hydrogens is 212 g/mol. The second kappa shape index (κ2) is 5.59. The highest BCUT2D eigenvalue weighted by molar-refractivity contribution is 5.80. The van der Waals surface area contributed by atoms with Crippen LogP contribution in [0.5, 0.6) is 11.5 Å². The number of hydrogen-bond acceptors (Lipinski definition) is 5. The van der Waals surface area contributed by atoms with E-state index in [1.807, 2.05) is 0 Å². The maximum Gasteiger partial charge on any atom is 0.255 e. The number of rotatable bonds is 5. The van der Waals surface area contributed by atoms with E-state index in [-0.39, 0.29) is 6.61 Å². The summed E-state index contributed by atoms with van der Waals surface area (Å²) in [6, 6.07) is 4.85. The Morgan fingerprint density at radius 1 is 1.56 bits per heavy atom. The first-order chi connectivity index (χ1) is 7.67. The van der Waals surface area contributed by atoms with Crippen LogP contribution in [0.3, 0.4) is 0 Å². The van der Waals surface area contributed by atoms with Gasteiger partial charge in [0.05, 0.1) is 13.3 Å². The van der Waals surface area contributed by atoms with E-state index in [2.05, 4.69) is 5.16 Å². The maximum absolute atomic E-state index is 10.5. The number of ether oxygens (including phenoxy) is 2. The van der Waals surface area contributed by atoms with E-state index in [1.165, 1.54) is 13.3 Å². The number of methoxy groups -OCH3 is 1. The molecule has 0 aliphatic rings. The van der Waals surface area contributed by atoms with E-state index < -0.39 is 5.91 Å². The van der Waals surface area contributed by atoms with Crippen molar-refractivity contribution in [2.24, 2.45) is 10.9 Å². The Balaban J connectivity index is 2.88. The Hall–Kier alpha value is -2.24. The second-order valence-electron chi connectivity index (χ2n) is 2.91. The van der Waals surface area contributed by atoms with Gasteiger partial charge < -0.3 is 20.4 Å². The summed E-state index contributed by atoms with van der Waals surface area (Å²) < 4.78 is 10.2. The third kappa shape index (κ3) is 3.16. The lowest BCUT2D eigenvalue weighted by Crippen LogP contribution is -2.20. The molecule has 0 atom stereocenters. The van der Waals surface area contributed by atoms with Gasteiger partial charge in [0.25, 0.3) is 5.91 Å². The van der Waals surface area contributed by atoms with Gasteiger partial charge in [-0.25, -0.2) is 0 Å². The molecule has 6 heteroatoms. The minimum absolute atomic E-state index is 0.218. The molecule has 1 amide bonds. The molecule has 0 spiro atoms. The predicted octanol–water partition coefficient (Wildman–Crippen LogP) is 0.367. The smallest absolute Gasteiger partial charge is 0.255 e. The molecule has 1 rings (SSSR count). The lowest BCUT2D eigenvalue weighted by atomic mass is 10.2. The molecular formula is C10H12N2O4. The standard InChI is InChI=1S/C10H12N2O4/c1-15-9-4-7(5-12-14)2-3-8(9)16-6-10(11)13/h2-5,14H,6H2,1H3,(H2,11,13)/b12-5-. The van der Waals surface area contributed by atoms with E-state index in [9.17, 15) is 4.79 Å². The Bertz CT molecular complexity index is 404. The monoisotopic (exact) mass is 224 g/mol. The molecule has 0 saturated carbocycles. The van der Waals surface area contributed by atoms with Crippen LogP contribution in [0, 0.1) is 0 Å². The molecule has 3 N–H and O–H groups in total. The Morgan fingerprint density at radius 3 is 2.88 bits per heavy atom. The van der Waals surface area contributed by atoms with Crippen molar-refractivity contribution in [2.75, 3.05) is 13.7 Å². The molecule has 16 heavy (non-hydrogen) atoms. The average Bonchev–Trinajstić information content (AvgIpc) is 2.27. The van der Waals surface area contributed by atoms with Gasteiger partial charge >= 0.3 is 0 Å². The molecule has 1 aromatic carbocycles. The topological polar surface area (TPSA) is 94.1 Å². The highest BCUT2D eigenvalue weighted by Crippen LogP contribution is 2.27. The highest BCUT2D eigenvalue weighted by Gasteiger charge is 2.06. The molecule has 0 radical (unpaired) electrons. The average molecular weight is 224 g/mol. The van der Waals surface area contributed by atoms with Crippen LogP contribution in [0.1, 0.15) is 5.56 Å². The number of benzene rings is 1. The molecule has 1 aromatic rings. The molecule has 0 heterocycles. The molecule has 0 aromatic heterocycles. The summed E-state index contributed by atoms with van der Waals surface area (Å²) in [6.45, 7) is -0.218. The number of hydrogen-bond donors (Lipinski definition) is 2. The van der Waals surface area contributed by atoms with Crippen molar-refractivity contribution in [3.05, 3.63) is 23.8 Å². The Labute approximate surface area is 92.3 Å². The SMILES string of the molecule is COc1cc(/C=N\O)ccc1OCC(N)=O. The van der Waals surface area contributed by atoms with Gasteiger partial charge in [-0.3, -0.25) is 4.79 Å². The van der Waals surface area contributed by atoms with Crippen molar-refractivity contribution in [3.8, 4) is 11.5 Å². The van der Waals surface area contributed by atoms with Crippen LogP contribution in [-0.2, 0) is 4.79 Å². The molecule has 0 fully saturated rings. The summed E-state index contributed by atoms with van der Waals surface area (Å²) in [7, 11) is 1.46. The fraction of sp³-hybridized carbons (Fsp3) is 0.200. The Morgan fingerprint density at radius 2 is 2.31 bits per heavy atom. The molecule has 0 aliphatic carbocycles. The zero-order valence-corrected chi connectivity index (χ0v) is 8.71. The second-order valence-corrected chi connectivity index (χ2v) is 2.91. The molecule has 0 saturated heterocycles. The van der Waals surface area contributed by atoms with Crippen molar-refractivity contribution >= 4 is 12.1 Å². The quantitative estimate of drug-likeness (QED) is 0.429.